The van der Waals surface area contributed by atoms with Crippen molar-refractivity contribution in [2.75, 3.05) is 0 Å². The van der Waals surface area contributed by atoms with Crippen molar-refractivity contribution in [2.45, 2.75) is 6.54 Å². The van der Waals surface area contributed by atoms with Gasteiger partial charge < -0.3 is 10.5 Å². The average Bonchev–Trinajstić information content (AvgIpc) is 2.31. The number of pyridine rings is 1. The van der Waals surface area contributed by atoms with E-state index < -0.39 is 0 Å². The molecule has 0 spiro atoms. The quantitative estimate of drug-likeness (QED) is 0.939. The Morgan fingerprint density at radius 2 is 2.12 bits per heavy atom. The lowest BCUT2D eigenvalue weighted by atomic mass is 10.2. The van der Waals surface area contributed by atoms with Gasteiger partial charge in [0.2, 0.25) is 0 Å². The first-order valence-corrected chi connectivity index (χ1v) is 5.66. The van der Waals surface area contributed by atoms with Crippen LogP contribution in [0, 0.1) is 0 Å². The predicted molar refractivity (Wildman–Crippen MR) is 66.3 cm³/mol. The van der Waals surface area contributed by atoms with E-state index >= 15 is 0 Å². The molecule has 2 rings (SSSR count). The highest BCUT2D eigenvalue weighted by Crippen LogP contribution is 2.29. The van der Waals surface area contributed by atoms with E-state index in [0.717, 1.165) is 15.8 Å². The van der Waals surface area contributed by atoms with Crippen LogP contribution in [0.25, 0.3) is 0 Å². The lowest BCUT2D eigenvalue weighted by Gasteiger charge is -2.10. The Bertz CT molecular complexity index is 474. The lowest BCUT2D eigenvalue weighted by Crippen LogP contribution is -2.00. The van der Waals surface area contributed by atoms with Gasteiger partial charge in [-0.1, -0.05) is 22.0 Å². The highest BCUT2D eigenvalue weighted by atomic mass is 79.9. The third kappa shape index (κ3) is 2.40. The van der Waals surface area contributed by atoms with Crippen LogP contribution in [0.2, 0.25) is 0 Å². The Morgan fingerprint density at radius 1 is 1.25 bits per heavy atom. The van der Waals surface area contributed by atoms with Crippen LogP contribution in [-0.2, 0) is 6.54 Å². The van der Waals surface area contributed by atoms with Crippen molar-refractivity contribution in [1.29, 1.82) is 0 Å². The molecule has 1 aromatic heterocycles. The molecule has 0 saturated carbocycles. The normalized spacial score (nSPS) is 10.1. The molecule has 0 bridgehead atoms. The number of hydrogen-bond acceptors (Lipinski definition) is 3. The smallest absolute Gasteiger partial charge is 0.145 e. The summed E-state index contributed by atoms with van der Waals surface area (Å²) >= 11 is 3.45. The fourth-order valence-electron chi connectivity index (χ4n) is 1.37. The first-order valence-electron chi connectivity index (χ1n) is 4.86. The van der Waals surface area contributed by atoms with Crippen molar-refractivity contribution in [3.8, 4) is 11.5 Å². The van der Waals surface area contributed by atoms with Crippen LogP contribution in [0.3, 0.4) is 0 Å². The van der Waals surface area contributed by atoms with Crippen molar-refractivity contribution in [3.63, 3.8) is 0 Å². The van der Waals surface area contributed by atoms with Gasteiger partial charge in [-0.15, -0.1) is 0 Å². The highest BCUT2D eigenvalue weighted by molar-refractivity contribution is 9.10. The lowest BCUT2D eigenvalue weighted by molar-refractivity contribution is 0.473. The number of benzene rings is 1. The zero-order valence-corrected chi connectivity index (χ0v) is 10.1. The second kappa shape index (κ2) is 5.09. The third-order valence-electron chi connectivity index (χ3n) is 2.14. The minimum atomic E-state index is 0.428. The Hall–Kier alpha value is -1.39. The topological polar surface area (TPSA) is 48.1 Å². The van der Waals surface area contributed by atoms with E-state index in [4.69, 9.17) is 10.5 Å². The zero-order valence-electron chi connectivity index (χ0n) is 8.56. The molecule has 0 amide bonds. The summed E-state index contributed by atoms with van der Waals surface area (Å²) in [5, 5.41) is 0. The monoisotopic (exact) mass is 278 g/mol. The van der Waals surface area contributed by atoms with Gasteiger partial charge in [0.25, 0.3) is 0 Å². The number of hydrogen-bond donors (Lipinski definition) is 1. The zero-order chi connectivity index (χ0) is 11.4. The van der Waals surface area contributed by atoms with E-state index in [1.54, 1.807) is 12.4 Å². The van der Waals surface area contributed by atoms with Crippen LogP contribution in [0.1, 0.15) is 5.56 Å². The van der Waals surface area contributed by atoms with Gasteiger partial charge in [-0.25, -0.2) is 0 Å². The number of aromatic nitrogens is 1. The standard InChI is InChI=1S/C12H11BrN2O/c13-11-4-1-5-12(10(11)7-14)16-9-3-2-6-15-8-9/h1-6,8H,7,14H2. The molecule has 3 nitrogen and oxygen atoms in total. The molecule has 0 radical (unpaired) electrons. The van der Waals surface area contributed by atoms with Crippen molar-refractivity contribution in [1.82, 2.24) is 4.98 Å². The van der Waals surface area contributed by atoms with Gasteiger partial charge in [-0.3, -0.25) is 4.98 Å². The maximum atomic E-state index is 5.71. The molecule has 0 aliphatic rings. The van der Waals surface area contributed by atoms with E-state index in [2.05, 4.69) is 20.9 Å². The molecule has 0 aliphatic carbocycles. The van der Waals surface area contributed by atoms with E-state index in [1.165, 1.54) is 0 Å². The third-order valence-corrected chi connectivity index (χ3v) is 2.89. The number of nitrogens with zero attached hydrogens (tertiary/aromatic N) is 1. The molecule has 1 heterocycles. The number of rotatable bonds is 3. The van der Waals surface area contributed by atoms with Crippen molar-refractivity contribution < 1.29 is 4.74 Å². The molecule has 0 unspecified atom stereocenters. The molecule has 0 aliphatic heterocycles. The summed E-state index contributed by atoms with van der Waals surface area (Å²) in [7, 11) is 0. The summed E-state index contributed by atoms with van der Waals surface area (Å²) < 4.78 is 6.66. The van der Waals surface area contributed by atoms with Crippen molar-refractivity contribution in [2.24, 2.45) is 5.73 Å². The summed E-state index contributed by atoms with van der Waals surface area (Å²) in [5.41, 5.74) is 6.63. The van der Waals surface area contributed by atoms with E-state index in [-0.39, 0.29) is 0 Å². The number of nitrogens with two attached hydrogens (primary N) is 1. The molecule has 0 atom stereocenters. The first kappa shape index (κ1) is 11.1. The molecule has 0 saturated heterocycles. The Balaban J connectivity index is 2.31. The summed E-state index contributed by atoms with van der Waals surface area (Å²) in [6, 6.07) is 9.43. The molecule has 1 aromatic carbocycles. The molecular weight excluding hydrogens is 268 g/mol. The van der Waals surface area contributed by atoms with Crippen LogP contribution < -0.4 is 10.5 Å². The molecule has 4 heteroatoms. The van der Waals surface area contributed by atoms with Gasteiger partial charge in [0, 0.05) is 22.8 Å². The van der Waals surface area contributed by atoms with Crippen LogP contribution >= 0.6 is 15.9 Å². The fourth-order valence-corrected chi connectivity index (χ4v) is 1.88. The Kier molecular flexibility index (Phi) is 3.54. The predicted octanol–water partition coefficient (Wildman–Crippen LogP) is 3.10. The van der Waals surface area contributed by atoms with Gasteiger partial charge in [0.05, 0.1) is 6.20 Å². The number of ether oxygens (including phenoxy) is 1. The van der Waals surface area contributed by atoms with Crippen LogP contribution in [0.15, 0.2) is 47.2 Å². The largest absolute Gasteiger partial charge is 0.455 e. The second-order valence-corrected chi connectivity index (χ2v) is 4.07. The first-order chi connectivity index (χ1) is 7.81. The molecule has 2 aromatic rings. The minimum Gasteiger partial charge on any atom is -0.455 e. The Morgan fingerprint density at radius 3 is 2.81 bits per heavy atom. The maximum absolute atomic E-state index is 5.71. The van der Waals surface area contributed by atoms with E-state index in [9.17, 15) is 0 Å². The van der Waals surface area contributed by atoms with E-state index in [0.29, 0.717) is 12.3 Å². The average molecular weight is 279 g/mol. The summed E-state index contributed by atoms with van der Waals surface area (Å²) in [6.45, 7) is 0.428. The molecule has 82 valence electrons. The van der Waals surface area contributed by atoms with Gasteiger partial charge in [-0.2, -0.15) is 0 Å². The SMILES string of the molecule is NCc1c(Br)cccc1Oc1cccnc1. The van der Waals surface area contributed by atoms with Crippen molar-refractivity contribution in [3.05, 3.63) is 52.8 Å². The summed E-state index contributed by atoms with van der Waals surface area (Å²) in [4.78, 5) is 3.99. The maximum Gasteiger partial charge on any atom is 0.145 e. The van der Waals surface area contributed by atoms with Gasteiger partial charge in [0.15, 0.2) is 0 Å². The van der Waals surface area contributed by atoms with Gasteiger partial charge in [-0.05, 0) is 24.3 Å². The summed E-state index contributed by atoms with van der Waals surface area (Å²) in [6.07, 6.45) is 3.37. The molecule has 16 heavy (non-hydrogen) atoms. The van der Waals surface area contributed by atoms with E-state index in [1.807, 2.05) is 30.3 Å². The molecular formula is C12H11BrN2O. The van der Waals surface area contributed by atoms with Crippen LogP contribution in [0.5, 0.6) is 11.5 Å². The molecule has 2 N–H and O–H groups in total. The van der Waals surface area contributed by atoms with Crippen LogP contribution in [0.4, 0.5) is 0 Å². The number of halogens is 1. The van der Waals surface area contributed by atoms with Gasteiger partial charge in [0.1, 0.15) is 11.5 Å². The highest BCUT2D eigenvalue weighted by Gasteiger charge is 2.06. The summed E-state index contributed by atoms with van der Waals surface area (Å²) in [5.74, 6) is 1.46. The molecule has 0 fully saturated rings. The minimum absolute atomic E-state index is 0.428. The van der Waals surface area contributed by atoms with Gasteiger partial charge >= 0.3 is 0 Å². The van der Waals surface area contributed by atoms with Crippen LogP contribution in [-0.4, -0.2) is 4.98 Å². The second-order valence-electron chi connectivity index (χ2n) is 3.21. The Labute approximate surface area is 102 Å². The van der Waals surface area contributed by atoms with Crippen molar-refractivity contribution >= 4 is 15.9 Å². The fraction of sp³-hybridized carbons (Fsp3) is 0.0833.